The number of anilines is 1. The van der Waals surface area contributed by atoms with Gasteiger partial charge in [0, 0.05) is 17.3 Å². The molecule has 2 N–H and O–H groups in total. The van der Waals surface area contributed by atoms with Crippen LogP contribution in [0.4, 0.5) is 5.69 Å². The largest absolute Gasteiger partial charge is 0.324 e. The predicted molar refractivity (Wildman–Crippen MR) is 103 cm³/mol. The average Bonchev–Trinajstić information content (AvgIpc) is 3.37. The summed E-state index contributed by atoms with van der Waals surface area (Å²) in [5.41, 5.74) is 1.32. The molecule has 0 spiro atoms. The molecule has 134 valence electrons. The minimum absolute atomic E-state index is 0. The van der Waals surface area contributed by atoms with Gasteiger partial charge in [-0.2, -0.15) is 0 Å². The van der Waals surface area contributed by atoms with Crippen LogP contribution in [-0.2, 0) is 11.3 Å². The lowest BCUT2D eigenvalue weighted by Gasteiger charge is -2.11. The fraction of sp³-hybridized carbons (Fsp3) is 0.333. The van der Waals surface area contributed by atoms with E-state index in [1.54, 1.807) is 18.3 Å². The summed E-state index contributed by atoms with van der Waals surface area (Å²) >= 11 is 6.15. The standard InChI is InChI=1S/C18H20ClN3O2.ClH/c19-16-4-2-1-3-14(16)11-22-12-15(7-8-18(22)24)21-17(23)10-20-9-13-5-6-13;/h1-4,7-8,12-13,20H,5-6,9-11H2,(H,21,23);1H. The number of pyridine rings is 1. The summed E-state index contributed by atoms with van der Waals surface area (Å²) in [6.07, 6.45) is 4.15. The molecular formula is C18H21Cl2N3O2. The molecule has 0 atom stereocenters. The molecule has 1 aliphatic rings. The molecule has 0 aliphatic heterocycles. The SMILES string of the molecule is Cl.O=C(CNCC1CC1)Nc1ccc(=O)n(Cc2ccccc2Cl)c1. The Balaban J connectivity index is 0.00000225. The van der Waals surface area contributed by atoms with Crippen LogP contribution in [0.5, 0.6) is 0 Å². The molecule has 0 saturated heterocycles. The van der Waals surface area contributed by atoms with Crippen molar-refractivity contribution in [3.63, 3.8) is 0 Å². The second kappa shape index (κ2) is 9.04. The highest BCUT2D eigenvalue weighted by atomic mass is 35.5. The van der Waals surface area contributed by atoms with Crippen LogP contribution in [0.1, 0.15) is 18.4 Å². The number of rotatable bonds is 7. The third kappa shape index (κ3) is 5.88. The number of halogens is 2. The van der Waals surface area contributed by atoms with E-state index in [4.69, 9.17) is 11.6 Å². The fourth-order valence-electron chi connectivity index (χ4n) is 2.46. The van der Waals surface area contributed by atoms with Crippen molar-refractivity contribution in [3.8, 4) is 0 Å². The highest BCUT2D eigenvalue weighted by molar-refractivity contribution is 6.31. The van der Waals surface area contributed by atoms with Crippen molar-refractivity contribution in [1.29, 1.82) is 0 Å². The molecule has 5 nitrogen and oxygen atoms in total. The fourth-order valence-corrected chi connectivity index (χ4v) is 2.65. The zero-order chi connectivity index (χ0) is 16.9. The van der Waals surface area contributed by atoms with Gasteiger partial charge < -0.3 is 15.2 Å². The van der Waals surface area contributed by atoms with Gasteiger partial charge in [0.2, 0.25) is 5.91 Å². The van der Waals surface area contributed by atoms with Crippen LogP contribution in [0.2, 0.25) is 5.02 Å². The highest BCUT2D eigenvalue weighted by Crippen LogP contribution is 2.27. The van der Waals surface area contributed by atoms with Gasteiger partial charge in [0.05, 0.1) is 18.8 Å². The quantitative estimate of drug-likeness (QED) is 0.774. The number of aromatic nitrogens is 1. The number of hydrogen-bond acceptors (Lipinski definition) is 3. The Hall–Kier alpha value is -1.82. The second-order valence-corrected chi connectivity index (χ2v) is 6.50. The first kappa shape index (κ1) is 19.5. The van der Waals surface area contributed by atoms with Gasteiger partial charge in [-0.3, -0.25) is 9.59 Å². The summed E-state index contributed by atoms with van der Waals surface area (Å²) in [7, 11) is 0. The molecule has 0 unspecified atom stereocenters. The van der Waals surface area contributed by atoms with Crippen molar-refractivity contribution in [2.75, 3.05) is 18.4 Å². The third-order valence-corrected chi connectivity index (χ3v) is 4.35. The maximum atomic E-state index is 12.0. The monoisotopic (exact) mass is 381 g/mol. The number of nitrogens with zero attached hydrogens (tertiary/aromatic N) is 1. The van der Waals surface area contributed by atoms with E-state index >= 15 is 0 Å². The normalized spacial score (nSPS) is 13.2. The smallest absolute Gasteiger partial charge is 0.250 e. The van der Waals surface area contributed by atoms with Gasteiger partial charge in [-0.05, 0) is 43.0 Å². The van der Waals surface area contributed by atoms with Gasteiger partial charge in [0.1, 0.15) is 0 Å². The van der Waals surface area contributed by atoms with E-state index in [0.29, 0.717) is 17.3 Å². The minimum atomic E-state index is -0.139. The van der Waals surface area contributed by atoms with Crippen LogP contribution >= 0.6 is 24.0 Å². The lowest BCUT2D eigenvalue weighted by Crippen LogP contribution is -2.30. The van der Waals surface area contributed by atoms with Gasteiger partial charge in [-0.15, -0.1) is 12.4 Å². The molecule has 1 aliphatic carbocycles. The number of benzene rings is 1. The van der Waals surface area contributed by atoms with Crippen LogP contribution < -0.4 is 16.2 Å². The van der Waals surface area contributed by atoms with E-state index in [-0.39, 0.29) is 30.4 Å². The average molecular weight is 382 g/mol. The van der Waals surface area contributed by atoms with E-state index < -0.39 is 0 Å². The maximum absolute atomic E-state index is 12.0. The number of hydrogen-bond donors (Lipinski definition) is 2. The van der Waals surface area contributed by atoms with Gasteiger partial charge in [-0.25, -0.2) is 0 Å². The summed E-state index contributed by atoms with van der Waals surface area (Å²) in [5.74, 6) is 0.619. The Bertz CT molecular complexity index is 788. The number of amides is 1. The summed E-state index contributed by atoms with van der Waals surface area (Å²) < 4.78 is 1.54. The summed E-state index contributed by atoms with van der Waals surface area (Å²) in [6.45, 7) is 1.53. The van der Waals surface area contributed by atoms with Crippen molar-refractivity contribution in [2.24, 2.45) is 5.92 Å². The van der Waals surface area contributed by atoms with Crippen LogP contribution in [-0.4, -0.2) is 23.6 Å². The van der Waals surface area contributed by atoms with E-state index in [9.17, 15) is 9.59 Å². The molecule has 3 rings (SSSR count). The van der Waals surface area contributed by atoms with E-state index in [1.807, 2.05) is 18.2 Å². The van der Waals surface area contributed by atoms with Crippen molar-refractivity contribution >= 4 is 35.6 Å². The van der Waals surface area contributed by atoms with Crippen molar-refractivity contribution in [1.82, 2.24) is 9.88 Å². The van der Waals surface area contributed by atoms with E-state index in [1.165, 1.54) is 23.5 Å². The van der Waals surface area contributed by atoms with Gasteiger partial charge in [-0.1, -0.05) is 29.8 Å². The predicted octanol–water partition coefficient (Wildman–Crippen LogP) is 2.91. The Labute approximate surface area is 157 Å². The first-order valence-electron chi connectivity index (χ1n) is 8.06. The molecule has 0 radical (unpaired) electrons. The summed E-state index contributed by atoms with van der Waals surface area (Å²) in [6, 6.07) is 10.5. The molecule has 1 fully saturated rings. The zero-order valence-corrected chi connectivity index (χ0v) is 15.3. The first-order valence-corrected chi connectivity index (χ1v) is 8.44. The Morgan fingerprint density at radius 2 is 1.96 bits per heavy atom. The number of carbonyl (C=O) groups is 1. The molecule has 0 bridgehead atoms. The van der Waals surface area contributed by atoms with Gasteiger partial charge in [0.25, 0.3) is 5.56 Å². The lowest BCUT2D eigenvalue weighted by atomic mass is 10.2. The highest BCUT2D eigenvalue weighted by Gasteiger charge is 2.20. The van der Waals surface area contributed by atoms with Crippen LogP contribution in [0, 0.1) is 5.92 Å². The second-order valence-electron chi connectivity index (χ2n) is 6.10. The third-order valence-electron chi connectivity index (χ3n) is 3.98. The topological polar surface area (TPSA) is 63.1 Å². The molecular weight excluding hydrogens is 361 g/mol. The van der Waals surface area contributed by atoms with Gasteiger partial charge >= 0.3 is 0 Å². The number of nitrogens with one attached hydrogen (secondary N) is 2. The van der Waals surface area contributed by atoms with Crippen LogP contribution in [0.25, 0.3) is 0 Å². The molecule has 7 heteroatoms. The summed E-state index contributed by atoms with van der Waals surface area (Å²) in [4.78, 5) is 24.0. The molecule has 1 saturated carbocycles. The van der Waals surface area contributed by atoms with Crippen molar-refractivity contribution in [3.05, 3.63) is 63.5 Å². The Kier molecular flexibility index (Phi) is 7.05. The lowest BCUT2D eigenvalue weighted by molar-refractivity contribution is -0.115. The summed E-state index contributed by atoms with van der Waals surface area (Å²) in [5, 5.41) is 6.57. The minimum Gasteiger partial charge on any atom is -0.324 e. The van der Waals surface area contributed by atoms with Gasteiger partial charge in [0.15, 0.2) is 0 Å². The van der Waals surface area contributed by atoms with Crippen molar-refractivity contribution < 1.29 is 4.79 Å². The Morgan fingerprint density at radius 1 is 1.20 bits per heavy atom. The number of carbonyl (C=O) groups excluding carboxylic acids is 1. The zero-order valence-electron chi connectivity index (χ0n) is 13.7. The molecule has 2 aromatic rings. The first-order chi connectivity index (χ1) is 11.6. The molecule has 1 amide bonds. The molecule has 1 heterocycles. The van der Waals surface area contributed by atoms with E-state index in [2.05, 4.69) is 10.6 Å². The van der Waals surface area contributed by atoms with Crippen LogP contribution in [0.3, 0.4) is 0 Å². The Morgan fingerprint density at radius 3 is 2.68 bits per heavy atom. The molecule has 1 aromatic heterocycles. The maximum Gasteiger partial charge on any atom is 0.250 e. The molecule has 1 aromatic carbocycles. The van der Waals surface area contributed by atoms with Crippen LogP contribution in [0.15, 0.2) is 47.4 Å². The molecule has 25 heavy (non-hydrogen) atoms. The van der Waals surface area contributed by atoms with Crippen molar-refractivity contribution in [2.45, 2.75) is 19.4 Å². The van der Waals surface area contributed by atoms with E-state index in [0.717, 1.165) is 18.0 Å².